The van der Waals surface area contributed by atoms with Crippen LogP contribution in [0.4, 0.5) is 0 Å². The van der Waals surface area contributed by atoms with Crippen molar-refractivity contribution >= 4 is 29.4 Å². The van der Waals surface area contributed by atoms with Crippen LogP contribution in [0, 0.1) is 0 Å². The van der Waals surface area contributed by atoms with E-state index >= 15 is 0 Å². The van der Waals surface area contributed by atoms with Gasteiger partial charge in [0.15, 0.2) is 11.4 Å². The van der Waals surface area contributed by atoms with Crippen LogP contribution in [0.5, 0.6) is 0 Å². The molecule has 0 N–H and O–H groups in total. The van der Waals surface area contributed by atoms with E-state index in [1.165, 1.54) is 23.1 Å². The van der Waals surface area contributed by atoms with Crippen LogP contribution in [0.1, 0.15) is 9.67 Å². The van der Waals surface area contributed by atoms with E-state index in [1.807, 2.05) is 11.4 Å². The second kappa shape index (κ2) is 4.34. The predicted molar refractivity (Wildman–Crippen MR) is 55.9 cm³/mol. The largest absolute Gasteiger partial charge is 0.297 e. The number of hydrogen-bond donors (Lipinski definition) is 0. The van der Waals surface area contributed by atoms with Crippen LogP contribution in [0.3, 0.4) is 0 Å². The molecule has 3 nitrogen and oxygen atoms in total. The summed E-state index contributed by atoms with van der Waals surface area (Å²) in [5.74, 6) is 0. The average Bonchev–Trinajstić information content (AvgIpc) is 2.67. The van der Waals surface area contributed by atoms with Crippen LogP contribution >= 0.6 is 23.1 Å². The van der Waals surface area contributed by atoms with Crippen molar-refractivity contribution in [1.82, 2.24) is 9.97 Å². The molecule has 0 fully saturated rings. The molecule has 2 heterocycles. The summed E-state index contributed by atoms with van der Waals surface area (Å²) in [5, 5.41) is 2.62. The standard InChI is InChI=1S/C9H6N2OS2/c12-5-7-4-8(6-13-7)14-9-10-2-1-3-11-9/h1-6H. The van der Waals surface area contributed by atoms with Crippen molar-refractivity contribution in [1.29, 1.82) is 0 Å². The monoisotopic (exact) mass is 222 g/mol. The van der Waals surface area contributed by atoms with Gasteiger partial charge < -0.3 is 0 Å². The number of carbonyl (C=O) groups excluding carboxylic acids is 1. The highest BCUT2D eigenvalue weighted by molar-refractivity contribution is 7.99. The Hall–Kier alpha value is -1.20. The van der Waals surface area contributed by atoms with Gasteiger partial charge in [0.2, 0.25) is 0 Å². The van der Waals surface area contributed by atoms with Gasteiger partial charge in [0.05, 0.1) is 4.88 Å². The Labute approximate surface area is 89.2 Å². The van der Waals surface area contributed by atoms with Crippen LogP contribution in [-0.2, 0) is 0 Å². The fraction of sp³-hybridized carbons (Fsp3) is 0. The molecule has 2 aromatic heterocycles. The zero-order chi connectivity index (χ0) is 9.80. The molecule has 0 unspecified atom stereocenters. The quantitative estimate of drug-likeness (QED) is 0.591. The summed E-state index contributed by atoms with van der Waals surface area (Å²) in [5.41, 5.74) is 0. The fourth-order valence-corrected chi connectivity index (χ4v) is 2.50. The van der Waals surface area contributed by atoms with Crippen LogP contribution in [0.2, 0.25) is 0 Å². The second-order valence-electron chi connectivity index (χ2n) is 2.44. The molecule has 5 heteroatoms. The molecule has 2 rings (SSSR count). The first kappa shape index (κ1) is 9.36. The molecule has 0 bridgehead atoms. The maximum Gasteiger partial charge on any atom is 0.192 e. The first-order valence-corrected chi connectivity index (χ1v) is 5.56. The van der Waals surface area contributed by atoms with Gasteiger partial charge in [0, 0.05) is 22.7 Å². The molecular formula is C9H6N2OS2. The van der Waals surface area contributed by atoms with Gasteiger partial charge >= 0.3 is 0 Å². The lowest BCUT2D eigenvalue weighted by molar-refractivity contribution is 0.112. The highest BCUT2D eigenvalue weighted by atomic mass is 32.2. The number of thiophene rings is 1. The van der Waals surface area contributed by atoms with E-state index in [0.717, 1.165) is 16.1 Å². The Bertz CT molecular complexity index is 427. The molecule has 0 radical (unpaired) electrons. The first-order valence-electron chi connectivity index (χ1n) is 3.87. The molecular weight excluding hydrogens is 216 g/mol. The van der Waals surface area contributed by atoms with Crippen molar-refractivity contribution in [2.24, 2.45) is 0 Å². The van der Waals surface area contributed by atoms with Crippen LogP contribution < -0.4 is 0 Å². The van der Waals surface area contributed by atoms with Gasteiger partial charge in [-0.05, 0) is 23.9 Å². The summed E-state index contributed by atoms with van der Waals surface area (Å²) in [4.78, 5) is 20.3. The topological polar surface area (TPSA) is 42.9 Å². The lowest BCUT2D eigenvalue weighted by Gasteiger charge is -1.93. The summed E-state index contributed by atoms with van der Waals surface area (Å²) in [7, 11) is 0. The predicted octanol–water partition coefficient (Wildman–Crippen LogP) is 2.50. The summed E-state index contributed by atoms with van der Waals surface area (Å²) in [6, 6.07) is 3.60. The number of aldehydes is 1. The Kier molecular flexibility index (Phi) is 2.90. The lowest BCUT2D eigenvalue weighted by atomic mass is 10.5. The lowest BCUT2D eigenvalue weighted by Crippen LogP contribution is -1.81. The summed E-state index contributed by atoms with van der Waals surface area (Å²) in [6.07, 6.45) is 4.24. The number of aromatic nitrogens is 2. The first-order chi connectivity index (χ1) is 6.88. The minimum absolute atomic E-state index is 0.697. The van der Waals surface area contributed by atoms with E-state index in [9.17, 15) is 4.79 Å². The van der Waals surface area contributed by atoms with E-state index in [0.29, 0.717) is 5.16 Å². The Morgan fingerprint density at radius 2 is 2.14 bits per heavy atom. The normalized spacial score (nSPS) is 10.0. The van der Waals surface area contributed by atoms with Crippen molar-refractivity contribution in [2.75, 3.05) is 0 Å². The molecule has 0 saturated carbocycles. The van der Waals surface area contributed by atoms with Crippen molar-refractivity contribution in [3.8, 4) is 0 Å². The minimum atomic E-state index is 0.697. The molecule has 0 amide bonds. The van der Waals surface area contributed by atoms with Crippen LogP contribution in [-0.4, -0.2) is 16.3 Å². The second-order valence-corrected chi connectivity index (χ2v) is 4.42. The number of rotatable bonds is 3. The number of carbonyl (C=O) groups is 1. The minimum Gasteiger partial charge on any atom is -0.297 e. The summed E-state index contributed by atoms with van der Waals surface area (Å²) in [6.45, 7) is 0. The highest BCUT2D eigenvalue weighted by Gasteiger charge is 2.02. The van der Waals surface area contributed by atoms with Crippen molar-refractivity contribution in [3.63, 3.8) is 0 Å². The van der Waals surface area contributed by atoms with Gasteiger partial charge in [-0.3, -0.25) is 4.79 Å². The van der Waals surface area contributed by atoms with Gasteiger partial charge in [-0.25, -0.2) is 9.97 Å². The molecule has 0 aliphatic rings. The van der Waals surface area contributed by atoms with Gasteiger partial charge in [-0.1, -0.05) is 0 Å². The average molecular weight is 222 g/mol. The third-order valence-electron chi connectivity index (χ3n) is 1.46. The molecule has 2 aromatic rings. The van der Waals surface area contributed by atoms with E-state index in [1.54, 1.807) is 18.5 Å². The van der Waals surface area contributed by atoms with Gasteiger partial charge in [0.1, 0.15) is 0 Å². The number of hydrogen-bond acceptors (Lipinski definition) is 5. The Morgan fingerprint density at radius 1 is 1.36 bits per heavy atom. The van der Waals surface area contributed by atoms with E-state index < -0.39 is 0 Å². The molecule has 70 valence electrons. The molecule has 0 atom stereocenters. The molecule has 0 spiro atoms. The van der Waals surface area contributed by atoms with Gasteiger partial charge in [-0.15, -0.1) is 11.3 Å². The number of nitrogens with zero attached hydrogens (tertiary/aromatic N) is 2. The smallest absolute Gasteiger partial charge is 0.192 e. The van der Waals surface area contributed by atoms with E-state index in [-0.39, 0.29) is 0 Å². The van der Waals surface area contributed by atoms with Crippen LogP contribution in [0.25, 0.3) is 0 Å². The van der Waals surface area contributed by atoms with Gasteiger partial charge in [-0.2, -0.15) is 0 Å². The van der Waals surface area contributed by atoms with Crippen LogP contribution in [0.15, 0.2) is 40.0 Å². The third kappa shape index (κ3) is 2.18. The summed E-state index contributed by atoms with van der Waals surface area (Å²) < 4.78 is 0. The third-order valence-corrected chi connectivity index (χ3v) is 3.34. The summed E-state index contributed by atoms with van der Waals surface area (Å²) >= 11 is 2.88. The molecule has 0 aliphatic carbocycles. The zero-order valence-corrected chi connectivity index (χ0v) is 8.72. The van der Waals surface area contributed by atoms with Crippen molar-refractivity contribution < 1.29 is 4.79 Å². The van der Waals surface area contributed by atoms with E-state index in [4.69, 9.17) is 0 Å². The maximum absolute atomic E-state index is 10.4. The molecule has 14 heavy (non-hydrogen) atoms. The Balaban J connectivity index is 2.15. The SMILES string of the molecule is O=Cc1cc(Sc2ncccn2)cs1. The molecule has 0 aliphatic heterocycles. The zero-order valence-electron chi connectivity index (χ0n) is 7.08. The molecule has 0 saturated heterocycles. The van der Waals surface area contributed by atoms with Crippen molar-refractivity contribution in [2.45, 2.75) is 10.1 Å². The van der Waals surface area contributed by atoms with Gasteiger partial charge in [0.25, 0.3) is 0 Å². The fourth-order valence-electron chi connectivity index (χ4n) is 0.893. The maximum atomic E-state index is 10.4. The molecule has 0 aromatic carbocycles. The van der Waals surface area contributed by atoms with Crippen molar-refractivity contribution in [3.05, 3.63) is 34.8 Å². The highest BCUT2D eigenvalue weighted by Crippen LogP contribution is 2.27. The van der Waals surface area contributed by atoms with E-state index in [2.05, 4.69) is 9.97 Å². The Morgan fingerprint density at radius 3 is 2.79 bits per heavy atom.